The fourth-order valence-electron chi connectivity index (χ4n) is 2.24. The number of ether oxygens (including phenoxy) is 1. The summed E-state index contributed by atoms with van der Waals surface area (Å²) in [6, 6.07) is 16.7. The van der Waals surface area contributed by atoms with E-state index in [2.05, 4.69) is 5.32 Å². The number of aryl methyl sites for hydroxylation is 2. The molecular formula is C19H17NO3. The summed E-state index contributed by atoms with van der Waals surface area (Å²) in [5.41, 5.74) is 2.37. The van der Waals surface area contributed by atoms with Gasteiger partial charge in [-0.2, -0.15) is 0 Å². The van der Waals surface area contributed by atoms with Gasteiger partial charge < -0.3 is 14.5 Å². The second kappa shape index (κ2) is 6.40. The minimum absolute atomic E-state index is 0.191. The highest BCUT2D eigenvalue weighted by molar-refractivity contribution is 6.04. The highest BCUT2D eigenvalue weighted by atomic mass is 16.5. The highest BCUT2D eigenvalue weighted by Crippen LogP contribution is 2.24. The van der Waals surface area contributed by atoms with Crippen LogP contribution in [0, 0.1) is 13.8 Å². The van der Waals surface area contributed by atoms with Gasteiger partial charge in [0.25, 0.3) is 5.91 Å². The first-order valence-corrected chi connectivity index (χ1v) is 7.32. The van der Waals surface area contributed by atoms with E-state index >= 15 is 0 Å². The van der Waals surface area contributed by atoms with E-state index in [1.807, 2.05) is 43.3 Å². The van der Waals surface area contributed by atoms with Crippen LogP contribution in [0.5, 0.6) is 11.5 Å². The Hall–Kier alpha value is -3.01. The van der Waals surface area contributed by atoms with Crippen molar-refractivity contribution in [2.24, 2.45) is 0 Å². The third-order valence-electron chi connectivity index (χ3n) is 3.44. The van der Waals surface area contributed by atoms with Crippen molar-refractivity contribution in [3.8, 4) is 11.5 Å². The fourth-order valence-corrected chi connectivity index (χ4v) is 2.24. The number of anilines is 1. The maximum absolute atomic E-state index is 12.1. The van der Waals surface area contributed by atoms with Crippen molar-refractivity contribution in [3.05, 3.63) is 77.7 Å². The maximum Gasteiger partial charge on any atom is 0.259 e. The molecule has 3 aromatic rings. The zero-order valence-electron chi connectivity index (χ0n) is 13.0. The van der Waals surface area contributed by atoms with E-state index in [1.54, 1.807) is 25.1 Å². The molecule has 4 nitrogen and oxygen atoms in total. The number of carbonyl (C=O) groups is 1. The van der Waals surface area contributed by atoms with Gasteiger partial charge in [-0.05, 0) is 61.9 Å². The van der Waals surface area contributed by atoms with Crippen molar-refractivity contribution in [2.75, 3.05) is 5.32 Å². The lowest BCUT2D eigenvalue weighted by Crippen LogP contribution is -2.11. The van der Waals surface area contributed by atoms with Crippen molar-refractivity contribution in [1.29, 1.82) is 0 Å². The van der Waals surface area contributed by atoms with Crippen LogP contribution >= 0.6 is 0 Å². The Morgan fingerprint density at radius 3 is 2.43 bits per heavy atom. The molecule has 0 radical (unpaired) electrons. The van der Waals surface area contributed by atoms with Crippen molar-refractivity contribution in [2.45, 2.75) is 13.8 Å². The van der Waals surface area contributed by atoms with Crippen molar-refractivity contribution < 1.29 is 13.9 Å². The average Bonchev–Trinajstić information content (AvgIpc) is 2.95. The summed E-state index contributed by atoms with van der Waals surface area (Å²) in [6.45, 7) is 3.77. The van der Waals surface area contributed by atoms with Crippen LogP contribution < -0.4 is 10.1 Å². The molecule has 3 rings (SSSR count). The van der Waals surface area contributed by atoms with Crippen LogP contribution in [-0.2, 0) is 0 Å². The lowest BCUT2D eigenvalue weighted by molar-refractivity contribution is 0.102. The third kappa shape index (κ3) is 3.61. The monoisotopic (exact) mass is 307 g/mol. The number of nitrogens with one attached hydrogen (secondary N) is 1. The molecule has 0 saturated carbocycles. The van der Waals surface area contributed by atoms with E-state index in [-0.39, 0.29) is 5.91 Å². The molecule has 0 unspecified atom stereocenters. The average molecular weight is 307 g/mol. The van der Waals surface area contributed by atoms with Crippen LogP contribution in [0.15, 0.2) is 65.3 Å². The van der Waals surface area contributed by atoms with E-state index in [1.165, 1.54) is 6.26 Å². The molecule has 1 aromatic heterocycles. The molecular weight excluding hydrogens is 290 g/mol. The molecule has 0 atom stereocenters. The van der Waals surface area contributed by atoms with Gasteiger partial charge >= 0.3 is 0 Å². The lowest BCUT2D eigenvalue weighted by atomic mass is 10.2. The molecule has 116 valence electrons. The van der Waals surface area contributed by atoms with E-state index < -0.39 is 0 Å². The number of furan rings is 1. The molecule has 2 aromatic carbocycles. The number of carbonyl (C=O) groups excluding carboxylic acids is 1. The molecule has 1 amide bonds. The Bertz CT molecular complexity index is 819. The molecule has 0 bridgehead atoms. The summed E-state index contributed by atoms with van der Waals surface area (Å²) in [7, 11) is 0. The molecule has 0 aliphatic carbocycles. The lowest BCUT2D eigenvalue weighted by Gasteiger charge is -2.08. The van der Waals surface area contributed by atoms with E-state index in [0.29, 0.717) is 22.8 Å². The minimum Gasteiger partial charge on any atom is -0.469 e. The quantitative estimate of drug-likeness (QED) is 0.742. The van der Waals surface area contributed by atoms with Gasteiger partial charge in [0.05, 0.1) is 11.8 Å². The molecule has 0 aliphatic rings. The van der Waals surface area contributed by atoms with E-state index in [4.69, 9.17) is 9.15 Å². The Morgan fingerprint density at radius 1 is 1.00 bits per heavy atom. The predicted octanol–water partition coefficient (Wildman–Crippen LogP) is 4.94. The van der Waals surface area contributed by atoms with Gasteiger partial charge in [0.1, 0.15) is 17.3 Å². The molecule has 0 spiro atoms. The predicted molar refractivity (Wildman–Crippen MR) is 89.1 cm³/mol. The molecule has 4 heteroatoms. The van der Waals surface area contributed by atoms with Crippen LogP contribution in [0.25, 0.3) is 0 Å². The van der Waals surface area contributed by atoms with Crippen molar-refractivity contribution >= 4 is 11.6 Å². The molecule has 1 N–H and O–H groups in total. The van der Waals surface area contributed by atoms with Crippen LogP contribution in [0.1, 0.15) is 21.7 Å². The number of rotatable bonds is 4. The third-order valence-corrected chi connectivity index (χ3v) is 3.44. The second-order valence-electron chi connectivity index (χ2n) is 5.29. The Morgan fingerprint density at radius 2 is 1.78 bits per heavy atom. The van der Waals surface area contributed by atoms with Gasteiger partial charge in [0.15, 0.2) is 0 Å². The maximum atomic E-state index is 12.1. The number of hydrogen-bond donors (Lipinski definition) is 1. The number of amides is 1. The van der Waals surface area contributed by atoms with E-state index in [0.717, 1.165) is 11.3 Å². The van der Waals surface area contributed by atoms with Gasteiger partial charge in [-0.3, -0.25) is 4.79 Å². The van der Waals surface area contributed by atoms with E-state index in [9.17, 15) is 4.79 Å². The largest absolute Gasteiger partial charge is 0.469 e. The van der Waals surface area contributed by atoms with Crippen LogP contribution in [0.4, 0.5) is 5.69 Å². The van der Waals surface area contributed by atoms with Gasteiger partial charge in [-0.15, -0.1) is 0 Å². The summed E-state index contributed by atoms with van der Waals surface area (Å²) in [5.74, 6) is 1.91. The second-order valence-corrected chi connectivity index (χ2v) is 5.29. The van der Waals surface area contributed by atoms with Gasteiger partial charge in [-0.1, -0.05) is 12.1 Å². The SMILES string of the molecule is Cc1cccc(Oc2ccc(NC(=O)c3ccoc3C)cc2)c1. The zero-order valence-corrected chi connectivity index (χ0v) is 13.0. The van der Waals surface area contributed by atoms with Crippen LogP contribution in [0.3, 0.4) is 0 Å². The molecule has 1 heterocycles. The summed E-state index contributed by atoms with van der Waals surface area (Å²) in [4.78, 5) is 12.1. The number of benzene rings is 2. The van der Waals surface area contributed by atoms with Gasteiger partial charge in [0.2, 0.25) is 0 Å². The van der Waals surface area contributed by atoms with Crippen molar-refractivity contribution in [1.82, 2.24) is 0 Å². The minimum atomic E-state index is -0.191. The summed E-state index contributed by atoms with van der Waals surface area (Å²) < 4.78 is 10.9. The topological polar surface area (TPSA) is 51.5 Å². The highest BCUT2D eigenvalue weighted by Gasteiger charge is 2.11. The van der Waals surface area contributed by atoms with Gasteiger partial charge in [-0.25, -0.2) is 0 Å². The Labute approximate surface area is 134 Å². The van der Waals surface area contributed by atoms with Crippen molar-refractivity contribution in [3.63, 3.8) is 0 Å². The normalized spacial score (nSPS) is 10.3. The summed E-state index contributed by atoms with van der Waals surface area (Å²) >= 11 is 0. The summed E-state index contributed by atoms with van der Waals surface area (Å²) in [5, 5.41) is 2.83. The Kier molecular flexibility index (Phi) is 4.15. The molecule has 23 heavy (non-hydrogen) atoms. The standard InChI is InChI=1S/C19H17NO3/c1-13-4-3-5-17(12-13)23-16-8-6-15(7-9-16)20-19(21)18-10-11-22-14(18)2/h3-12H,1-2H3,(H,20,21). The smallest absolute Gasteiger partial charge is 0.259 e. The number of hydrogen-bond acceptors (Lipinski definition) is 3. The first-order valence-electron chi connectivity index (χ1n) is 7.32. The molecule has 0 saturated heterocycles. The first-order chi connectivity index (χ1) is 11.1. The zero-order chi connectivity index (χ0) is 16.2. The first kappa shape index (κ1) is 14.9. The fraction of sp³-hybridized carbons (Fsp3) is 0.105. The Balaban J connectivity index is 1.67. The van der Waals surface area contributed by atoms with Crippen LogP contribution in [0.2, 0.25) is 0 Å². The van der Waals surface area contributed by atoms with Gasteiger partial charge in [0, 0.05) is 5.69 Å². The van der Waals surface area contributed by atoms with Crippen LogP contribution in [-0.4, -0.2) is 5.91 Å². The summed E-state index contributed by atoms with van der Waals surface area (Å²) in [6.07, 6.45) is 1.50. The molecule has 0 fully saturated rings. The molecule has 0 aliphatic heterocycles.